The largest absolute Gasteiger partial charge is 0.368 e. The summed E-state index contributed by atoms with van der Waals surface area (Å²) in [4.78, 5) is 25.8. The van der Waals surface area contributed by atoms with Gasteiger partial charge in [0.05, 0.1) is 4.90 Å². The quantitative estimate of drug-likeness (QED) is 0.883. The molecule has 0 aromatic heterocycles. The van der Waals surface area contributed by atoms with Gasteiger partial charge in [0.15, 0.2) is 9.84 Å². The molecule has 2 amide bonds. The average Bonchev–Trinajstić information content (AvgIpc) is 2.94. The summed E-state index contributed by atoms with van der Waals surface area (Å²) >= 11 is 0. The normalized spacial score (nSPS) is 18.5. The zero-order valence-electron chi connectivity index (χ0n) is 12.7. The third-order valence-electron chi connectivity index (χ3n) is 3.96. The van der Waals surface area contributed by atoms with Crippen molar-refractivity contribution in [1.29, 1.82) is 0 Å². The van der Waals surface area contributed by atoms with E-state index in [2.05, 4.69) is 0 Å². The minimum atomic E-state index is -3.40. The first-order chi connectivity index (χ1) is 10.3. The lowest BCUT2D eigenvalue weighted by atomic mass is 10.0. The second-order valence-electron chi connectivity index (χ2n) is 5.50. The van der Waals surface area contributed by atoms with Crippen LogP contribution in [0.2, 0.25) is 0 Å². The maximum absolute atomic E-state index is 12.7. The monoisotopic (exact) mass is 324 g/mol. The van der Waals surface area contributed by atoms with E-state index in [0.717, 1.165) is 11.8 Å². The second kappa shape index (κ2) is 6.08. The molecule has 1 heterocycles. The Hall–Kier alpha value is -1.89. The molecule has 1 atom stereocenters. The van der Waals surface area contributed by atoms with Gasteiger partial charge in [-0.25, -0.2) is 8.42 Å². The highest BCUT2D eigenvalue weighted by Crippen LogP contribution is 2.24. The molecule has 22 heavy (non-hydrogen) atoms. The molecular weight excluding hydrogens is 304 g/mol. The lowest BCUT2D eigenvalue weighted by molar-refractivity contribution is -0.121. The van der Waals surface area contributed by atoms with Gasteiger partial charge in [0.25, 0.3) is 5.91 Å². The van der Waals surface area contributed by atoms with Crippen LogP contribution < -0.4 is 5.73 Å². The average molecular weight is 324 g/mol. The molecule has 0 aliphatic carbocycles. The van der Waals surface area contributed by atoms with E-state index in [-0.39, 0.29) is 10.8 Å². The molecule has 120 valence electrons. The Morgan fingerprint density at radius 1 is 1.36 bits per heavy atom. The molecule has 0 spiro atoms. The van der Waals surface area contributed by atoms with E-state index < -0.39 is 21.8 Å². The highest BCUT2D eigenvalue weighted by Gasteiger charge is 2.34. The molecular formula is C15H20N2O4S. The third-order valence-corrected chi connectivity index (χ3v) is 5.07. The lowest BCUT2D eigenvalue weighted by Crippen LogP contribution is -2.44. The summed E-state index contributed by atoms with van der Waals surface area (Å²) in [7, 11) is -3.40. The van der Waals surface area contributed by atoms with E-state index in [1.807, 2.05) is 6.92 Å². The smallest absolute Gasteiger partial charge is 0.254 e. The first kappa shape index (κ1) is 16.5. The number of benzene rings is 1. The minimum absolute atomic E-state index is 0.0999. The predicted molar refractivity (Wildman–Crippen MR) is 82.2 cm³/mol. The van der Waals surface area contributed by atoms with Crippen molar-refractivity contribution < 1.29 is 18.0 Å². The Labute approximate surface area is 130 Å². The number of hydrogen-bond donors (Lipinski definition) is 1. The van der Waals surface area contributed by atoms with Gasteiger partial charge in [-0.3, -0.25) is 9.59 Å². The SMILES string of the molecule is CCc1ccc(S(C)(=O)=O)cc1C(=O)N1CCC[C@H]1C(N)=O. The Balaban J connectivity index is 2.46. The first-order valence-electron chi connectivity index (χ1n) is 7.19. The molecule has 7 heteroatoms. The van der Waals surface area contributed by atoms with Crippen LogP contribution >= 0.6 is 0 Å². The summed E-state index contributed by atoms with van der Waals surface area (Å²) < 4.78 is 23.4. The van der Waals surface area contributed by atoms with Crippen LogP contribution in [-0.2, 0) is 21.1 Å². The third kappa shape index (κ3) is 3.14. The fraction of sp³-hybridized carbons (Fsp3) is 0.467. The van der Waals surface area contributed by atoms with Crippen molar-refractivity contribution in [1.82, 2.24) is 4.90 Å². The zero-order chi connectivity index (χ0) is 16.5. The van der Waals surface area contributed by atoms with Crippen LogP contribution in [0.15, 0.2) is 23.1 Å². The van der Waals surface area contributed by atoms with Crippen molar-refractivity contribution in [3.63, 3.8) is 0 Å². The number of primary amides is 1. The van der Waals surface area contributed by atoms with Gasteiger partial charge in [0.2, 0.25) is 5.91 Å². The number of rotatable bonds is 4. The van der Waals surface area contributed by atoms with Gasteiger partial charge >= 0.3 is 0 Å². The highest BCUT2D eigenvalue weighted by molar-refractivity contribution is 7.90. The molecule has 1 aliphatic heterocycles. The number of sulfone groups is 1. The summed E-state index contributed by atoms with van der Waals surface area (Å²) in [5.74, 6) is -0.855. The molecule has 0 radical (unpaired) electrons. The fourth-order valence-corrected chi connectivity index (χ4v) is 3.40. The van der Waals surface area contributed by atoms with Gasteiger partial charge in [-0.05, 0) is 37.0 Å². The van der Waals surface area contributed by atoms with Crippen LogP contribution in [0.1, 0.15) is 35.7 Å². The molecule has 0 bridgehead atoms. The van der Waals surface area contributed by atoms with Crippen LogP contribution in [0.3, 0.4) is 0 Å². The van der Waals surface area contributed by atoms with Crippen molar-refractivity contribution in [3.05, 3.63) is 29.3 Å². The summed E-state index contributed by atoms with van der Waals surface area (Å²) in [6.07, 6.45) is 2.96. The number of nitrogens with two attached hydrogens (primary N) is 1. The zero-order valence-corrected chi connectivity index (χ0v) is 13.5. The number of aryl methyl sites for hydroxylation is 1. The Kier molecular flexibility index (Phi) is 4.55. The van der Waals surface area contributed by atoms with Crippen molar-refractivity contribution in [3.8, 4) is 0 Å². The van der Waals surface area contributed by atoms with Crippen molar-refractivity contribution in [2.45, 2.75) is 37.1 Å². The molecule has 1 aromatic rings. The molecule has 6 nitrogen and oxygen atoms in total. The summed E-state index contributed by atoms with van der Waals surface area (Å²) in [6.45, 7) is 2.35. The van der Waals surface area contributed by atoms with Crippen LogP contribution in [0.4, 0.5) is 0 Å². The molecule has 0 saturated carbocycles. The van der Waals surface area contributed by atoms with Crippen molar-refractivity contribution in [2.75, 3.05) is 12.8 Å². The van der Waals surface area contributed by atoms with E-state index in [1.165, 1.54) is 17.0 Å². The molecule has 1 aromatic carbocycles. The van der Waals surface area contributed by atoms with E-state index in [9.17, 15) is 18.0 Å². The number of amides is 2. The molecule has 0 unspecified atom stereocenters. The topological polar surface area (TPSA) is 97.5 Å². The number of hydrogen-bond acceptors (Lipinski definition) is 4. The lowest BCUT2D eigenvalue weighted by Gasteiger charge is -2.23. The number of nitrogens with zero attached hydrogens (tertiary/aromatic N) is 1. The molecule has 1 saturated heterocycles. The van der Waals surface area contributed by atoms with Crippen molar-refractivity contribution in [2.24, 2.45) is 5.73 Å². The number of likely N-dealkylation sites (tertiary alicyclic amines) is 1. The molecule has 1 fully saturated rings. The minimum Gasteiger partial charge on any atom is -0.368 e. The Morgan fingerprint density at radius 2 is 2.05 bits per heavy atom. The van der Waals surface area contributed by atoms with Gasteiger partial charge in [-0.15, -0.1) is 0 Å². The standard InChI is InChI=1S/C15H20N2O4S/c1-3-10-6-7-11(22(2,20)21)9-12(10)15(19)17-8-4-5-13(17)14(16)18/h6-7,9,13H,3-5,8H2,1-2H3,(H2,16,18)/t13-/m0/s1. The highest BCUT2D eigenvalue weighted by atomic mass is 32.2. The first-order valence-corrected chi connectivity index (χ1v) is 9.08. The van der Waals surface area contributed by atoms with E-state index in [4.69, 9.17) is 5.73 Å². The van der Waals surface area contributed by atoms with Gasteiger partial charge in [-0.1, -0.05) is 13.0 Å². The number of carbonyl (C=O) groups excluding carboxylic acids is 2. The second-order valence-corrected chi connectivity index (χ2v) is 7.52. The fourth-order valence-electron chi connectivity index (χ4n) is 2.75. The van der Waals surface area contributed by atoms with Gasteiger partial charge in [-0.2, -0.15) is 0 Å². The van der Waals surface area contributed by atoms with Crippen LogP contribution in [-0.4, -0.2) is 44.0 Å². The van der Waals surface area contributed by atoms with E-state index in [0.29, 0.717) is 31.4 Å². The van der Waals surface area contributed by atoms with Crippen LogP contribution in [0.25, 0.3) is 0 Å². The number of carbonyl (C=O) groups is 2. The van der Waals surface area contributed by atoms with Gasteiger partial charge < -0.3 is 10.6 Å². The van der Waals surface area contributed by atoms with Gasteiger partial charge in [0.1, 0.15) is 6.04 Å². The van der Waals surface area contributed by atoms with Gasteiger partial charge in [0, 0.05) is 18.4 Å². The predicted octanol–water partition coefficient (Wildman–Crippen LogP) is 0.742. The molecule has 2 rings (SSSR count). The van der Waals surface area contributed by atoms with Crippen LogP contribution in [0, 0.1) is 0 Å². The maximum Gasteiger partial charge on any atom is 0.254 e. The maximum atomic E-state index is 12.7. The summed E-state index contributed by atoms with van der Waals surface area (Å²) in [6, 6.07) is 3.94. The molecule has 2 N–H and O–H groups in total. The molecule has 1 aliphatic rings. The summed E-state index contributed by atoms with van der Waals surface area (Å²) in [5, 5.41) is 0. The Morgan fingerprint density at radius 3 is 2.59 bits per heavy atom. The van der Waals surface area contributed by atoms with Crippen molar-refractivity contribution >= 4 is 21.7 Å². The van der Waals surface area contributed by atoms with E-state index >= 15 is 0 Å². The Bertz CT molecular complexity index is 712. The van der Waals surface area contributed by atoms with E-state index in [1.54, 1.807) is 6.07 Å². The van der Waals surface area contributed by atoms with Crippen LogP contribution in [0.5, 0.6) is 0 Å². The summed E-state index contributed by atoms with van der Waals surface area (Å²) in [5.41, 5.74) is 6.43.